The number of rotatable bonds is 4. The summed E-state index contributed by atoms with van der Waals surface area (Å²) in [7, 11) is 1.95. The smallest absolute Gasteiger partial charge is 0.197 e. The van der Waals surface area contributed by atoms with Gasteiger partial charge in [-0.2, -0.15) is 0 Å². The van der Waals surface area contributed by atoms with E-state index in [-0.39, 0.29) is 0 Å². The lowest BCUT2D eigenvalue weighted by Gasteiger charge is -2.21. The molecule has 1 saturated carbocycles. The van der Waals surface area contributed by atoms with E-state index in [2.05, 4.69) is 10.3 Å². The van der Waals surface area contributed by atoms with Crippen LogP contribution in [0.2, 0.25) is 0 Å². The number of oxazole rings is 1. The minimum absolute atomic E-state index is 0.614. The second-order valence-electron chi connectivity index (χ2n) is 3.65. The largest absolute Gasteiger partial charge is 0.445 e. The van der Waals surface area contributed by atoms with Gasteiger partial charge in [0.1, 0.15) is 5.76 Å². The van der Waals surface area contributed by atoms with Gasteiger partial charge in [-0.25, -0.2) is 4.98 Å². The standard InChI is InChI=1S/C10H16N2O/c1-11-6-5-9-7-12-10(13-9)8-3-2-4-8/h7-8,11H,2-6H2,1H3. The molecule has 0 aromatic carbocycles. The lowest BCUT2D eigenvalue weighted by atomic mass is 9.85. The van der Waals surface area contributed by atoms with Gasteiger partial charge in [0.2, 0.25) is 0 Å². The van der Waals surface area contributed by atoms with Gasteiger partial charge in [-0.15, -0.1) is 0 Å². The zero-order chi connectivity index (χ0) is 9.10. The van der Waals surface area contributed by atoms with Crippen LogP contribution in [0.1, 0.15) is 36.8 Å². The molecular formula is C10H16N2O. The number of hydrogen-bond acceptors (Lipinski definition) is 3. The van der Waals surface area contributed by atoms with Crippen LogP contribution in [0.5, 0.6) is 0 Å². The van der Waals surface area contributed by atoms with E-state index in [4.69, 9.17) is 4.42 Å². The summed E-state index contributed by atoms with van der Waals surface area (Å²) in [6.07, 6.45) is 6.65. The van der Waals surface area contributed by atoms with Crippen LogP contribution in [0, 0.1) is 0 Å². The van der Waals surface area contributed by atoms with Crippen LogP contribution in [0.4, 0.5) is 0 Å². The minimum atomic E-state index is 0.614. The second kappa shape index (κ2) is 3.92. The van der Waals surface area contributed by atoms with Gasteiger partial charge >= 0.3 is 0 Å². The summed E-state index contributed by atoms with van der Waals surface area (Å²) in [4.78, 5) is 4.30. The van der Waals surface area contributed by atoms with Gasteiger partial charge in [-0.05, 0) is 19.9 Å². The Morgan fingerprint density at radius 1 is 1.62 bits per heavy atom. The summed E-state index contributed by atoms with van der Waals surface area (Å²) in [5.41, 5.74) is 0. The van der Waals surface area contributed by atoms with Crippen molar-refractivity contribution >= 4 is 0 Å². The van der Waals surface area contributed by atoms with Crippen LogP contribution >= 0.6 is 0 Å². The monoisotopic (exact) mass is 180 g/mol. The van der Waals surface area contributed by atoms with Crippen LogP contribution < -0.4 is 5.32 Å². The molecule has 1 aliphatic rings. The van der Waals surface area contributed by atoms with Crippen LogP contribution in [0.15, 0.2) is 10.6 Å². The Bertz CT molecular complexity index is 266. The van der Waals surface area contributed by atoms with Crippen molar-refractivity contribution in [1.82, 2.24) is 10.3 Å². The first-order chi connectivity index (χ1) is 6.40. The Balaban J connectivity index is 1.92. The quantitative estimate of drug-likeness (QED) is 0.766. The van der Waals surface area contributed by atoms with Crippen molar-refractivity contribution in [2.75, 3.05) is 13.6 Å². The molecule has 1 fully saturated rings. The number of nitrogens with zero attached hydrogens (tertiary/aromatic N) is 1. The third-order valence-electron chi connectivity index (χ3n) is 2.65. The first kappa shape index (κ1) is 8.75. The summed E-state index contributed by atoms with van der Waals surface area (Å²) >= 11 is 0. The van der Waals surface area contributed by atoms with Crippen LogP contribution in [0.25, 0.3) is 0 Å². The average Bonchev–Trinajstić information content (AvgIpc) is 2.46. The van der Waals surface area contributed by atoms with Crippen molar-refractivity contribution in [1.29, 1.82) is 0 Å². The van der Waals surface area contributed by atoms with Crippen molar-refractivity contribution < 1.29 is 4.42 Å². The van der Waals surface area contributed by atoms with E-state index >= 15 is 0 Å². The zero-order valence-electron chi connectivity index (χ0n) is 8.05. The Morgan fingerprint density at radius 3 is 3.08 bits per heavy atom. The summed E-state index contributed by atoms with van der Waals surface area (Å²) < 4.78 is 5.64. The zero-order valence-corrected chi connectivity index (χ0v) is 8.05. The Hall–Kier alpha value is -0.830. The number of aromatic nitrogens is 1. The van der Waals surface area contributed by atoms with Crippen molar-refractivity contribution in [3.8, 4) is 0 Å². The fourth-order valence-electron chi connectivity index (χ4n) is 1.53. The molecule has 72 valence electrons. The van der Waals surface area contributed by atoms with Gasteiger partial charge in [0, 0.05) is 18.9 Å². The molecule has 1 aliphatic carbocycles. The predicted molar refractivity (Wildman–Crippen MR) is 50.7 cm³/mol. The molecule has 1 N–H and O–H groups in total. The minimum Gasteiger partial charge on any atom is -0.445 e. The summed E-state index contributed by atoms with van der Waals surface area (Å²) in [6.45, 7) is 0.958. The summed E-state index contributed by atoms with van der Waals surface area (Å²) in [5, 5.41) is 3.09. The third-order valence-corrected chi connectivity index (χ3v) is 2.65. The Labute approximate surface area is 78.5 Å². The molecule has 1 heterocycles. The molecule has 0 bridgehead atoms. The second-order valence-corrected chi connectivity index (χ2v) is 3.65. The van der Waals surface area contributed by atoms with Crippen LogP contribution in [-0.4, -0.2) is 18.6 Å². The van der Waals surface area contributed by atoms with Crippen molar-refractivity contribution in [3.05, 3.63) is 17.8 Å². The van der Waals surface area contributed by atoms with E-state index in [9.17, 15) is 0 Å². The Morgan fingerprint density at radius 2 is 2.46 bits per heavy atom. The predicted octanol–water partition coefficient (Wildman–Crippen LogP) is 1.70. The normalized spacial score (nSPS) is 17.3. The maximum atomic E-state index is 5.64. The molecule has 3 heteroatoms. The van der Waals surface area contributed by atoms with Gasteiger partial charge in [0.15, 0.2) is 5.89 Å². The van der Waals surface area contributed by atoms with E-state index < -0.39 is 0 Å². The number of nitrogens with one attached hydrogen (secondary N) is 1. The molecule has 0 atom stereocenters. The molecule has 13 heavy (non-hydrogen) atoms. The topological polar surface area (TPSA) is 38.1 Å². The van der Waals surface area contributed by atoms with Gasteiger partial charge in [0.25, 0.3) is 0 Å². The van der Waals surface area contributed by atoms with Gasteiger partial charge in [-0.1, -0.05) is 6.42 Å². The van der Waals surface area contributed by atoms with Crippen molar-refractivity contribution in [2.45, 2.75) is 31.6 Å². The van der Waals surface area contributed by atoms with E-state index in [0.29, 0.717) is 5.92 Å². The van der Waals surface area contributed by atoms with Gasteiger partial charge in [-0.3, -0.25) is 0 Å². The summed E-state index contributed by atoms with van der Waals surface area (Å²) in [6, 6.07) is 0. The molecule has 1 aromatic heterocycles. The number of hydrogen-bond donors (Lipinski definition) is 1. The Kier molecular flexibility index (Phi) is 2.64. The maximum Gasteiger partial charge on any atom is 0.197 e. The highest BCUT2D eigenvalue weighted by Crippen LogP contribution is 2.35. The van der Waals surface area contributed by atoms with Crippen molar-refractivity contribution in [3.63, 3.8) is 0 Å². The van der Waals surface area contributed by atoms with E-state index in [1.165, 1.54) is 19.3 Å². The molecule has 2 rings (SSSR count). The van der Waals surface area contributed by atoms with Crippen LogP contribution in [0.3, 0.4) is 0 Å². The highest BCUT2D eigenvalue weighted by Gasteiger charge is 2.23. The molecule has 0 spiro atoms. The van der Waals surface area contributed by atoms with Crippen LogP contribution in [-0.2, 0) is 6.42 Å². The van der Waals surface area contributed by atoms with Gasteiger partial charge in [0.05, 0.1) is 6.20 Å². The molecular weight excluding hydrogens is 164 g/mol. The highest BCUT2D eigenvalue weighted by atomic mass is 16.4. The number of likely N-dealkylation sites (N-methyl/N-ethyl adjacent to an activating group) is 1. The lowest BCUT2D eigenvalue weighted by molar-refractivity contribution is 0.324. The van der Waals surface area contributed by atoms with Gasteiger partial charge < -0.3 is 9.73 Å². The molecule has 3 nitrogen and oxygen atoms in total. The fourth-order valence-corrected chi connectivity index (χ4v) is 1.53. The molecule has 0 saturated heterocycles. The van der Waals surface area contributed by atoms with Crippen molar-refractivity contribution in [2.24, 2.45) is 0 Å². The van der Waals surface area contributed by atoms with E-state index in [0.717, 1.165) is 24.6 Å². The molecule has 0 radical (unpaired) electrons. The maximum absolute atomic E-state index is 5.64. The fraction of sp³-hybridized carbons (Fsp3) is 0.700. The molecule has 0 unspecified atom stereocenters. The third kappa shape index (κ3) is 1.91. The first-order valence-corrected chi connectivity index (χ1v) is 4.99. The molecule has 0 aliphatic heterocycles. The highest BCUT2D eigenvalue weighted by molar-refractivity contribution is 5.02. The molecule has 1 aromatic rings. The van der Waals surface area contributed by atoms with E-state index in [1.54, 1.807) is 0 Å². The lowest BCUT2D eigenvalue weighted by Crippen LogP contribution is -2.10. The van der Waals surface area contributed by atoms with E-state index in [1.807, 2.05) is 13.2 Å². The SMILES string of the molecule is CNCCc1cnc(C2CCC2)o1. The molecule has 0 amide bonds. The first-order valence-electron chi connectivity index (χ1n) is 4.99. The summed E-state index contributed by atoms with van der Waals surface area (Å²) in [5.74, 6) is 2.58. The average molecular weight is 180 g/mol.